The van der Waals surface area contributed by atoms with E-state index in [2.05, 4.69) is 20.2 Å². The van der Waals surface area contributed by atoms with E-state index >= 15 is 0 Å². The highest BCUT2D eigenvalue weighted by Crippen LogP contribution is 2.34. The van der Waals surface area contributed by atoms with Gasteiger partial charge in [0.1, 0.15) is 23.2 Å². The third-order valence-electron chi connectivity index (χ3n) is 5.29. The zero-order valence-electron chi connectivity index (χ0n) is 18.0. The molecule has 3 heterocycles. The molecule has 32 heavy (non-hydrogen) atoms. The van der Waals surface area contributed by atoms with Crippen LogP contribution in [0.5, 0.6) is 11.8 Å². The summed E-state index contributed by atoms with van der Waals surface area (Å²) in [5.74, 6) is 0.855. The van der Waals surface area contributed by atoms with Crippen molar-refractivity contribution < 1.29 is 14.3 Å². The van der Waals surface area contributed by atoms with E-state index in [0.717, 1.165) is 24.2 Å². The van der Waals surface area contributed by atoms with Crippen molar-refractivity contribution in [1.29, 1.82) is 0 Å². The first-order chi connectivity index (χ1) is 15.5. The number of amides is 1. The second-order valence-electron chi connectivity index (χ2n) is 7.43. The van der Waals surface area contributed by atoms with Gasteiger partial charge in [-0.05, 0) is 37.3 Å². The predicted molar refractivity (Wildman–Crippen MR) is 121 cm³/mol. The molecule has 0 unspecified atom stereocenters. The molecule has 1 aliphatic heterocycles. The van der Waals surface area contributed by atoms with Crippen LogP contribution in [0.2, 0.25) is 5.02 Å². The largest absolute Gasteiger partial charge is 0.494 e. The molecule has 1 amide bonds. The van der Waals surface area contributed by atoms with Crippen molar-refractivity contribution in [2.75, 3.05) is 19.7 Å². The fourth-order valence-electron chi connectivity index (χ4n) is 3.62. The van der Waals surface area contributed by atoms with E-state index in [9.17, 15) is 4.79 Å². The summed E-state index contributed by atoms with van der Waals surface area (Å²) >= 11 is 6.43. The molecule has 0 aliphatic carbocycles. The SMILES string of the molecule is CCOc1ccc(-c2nnc(OC3CCN(C(C)=O)CC3)nc2-c2ccncc2Cl)cc1. The van der Waals surface area contributed by atoms with Crippen LogP contribution in [-0.2, 0) is 4.79 Å². The first-order valence-electron chi connectivity index (χ1n) is 10.5. The molecule has 3 aromatic rings. The number of carbonyl (C=O) groups excluding carboxylic acids is 1. The summed E-state index contributed by atoms with van der Waals surface area (Å²) < 4.78 is 11.6. The van der Waals surface area contributed by atoms with Gasteiger partial charge in [-0.2, -0.15) is 4.98 Å². The van der Waals surface area contributed by atoms with Gasteiger partial charge >= 0.3 is 6.01 Å². The molecule has 0 saturated carbocycles. The van der Waals surface area contributed by atoms with Gasteiger partial charge in [0.2, 0.25) is 5.91 Å². The Hall–Kier alpha value is -3.26. The van der Waals surface area contributed by atoms with Crippen LogP contribution in [0.4, 0.5) is 0 Å². The lowest BCUT2D eigenvalue weighted by Gasteiger charge is -2.30. The van der Waals surface area contributed by atoms with E-state index in [1.165, 1.54) is 0 Å². The molecule has 0 atom stereocenters. The third-order valence-corrected chi connectivity index (χ3v) is 5.59. The second-order valence-corrected chi connectivity index (χ2v) is 7.83. The highest BCUT2D eigenvalue weighted by atomic mass is 35.5. The Balaban J connectivity index is 1.64. The monoisotopic (exact) mass is 453 g/mol. The zero-order valence-corrected chi connectivity index (χ0v) is 18.7. The molecule has 1 fully saturated rings. The Bertz CT molecular complexity index is 1090. The summed E-state index contributed by atoms with van der Waals surface area (Å²) in [4.78, 5) is 22.1. The minimum Gasteiger partial charge on any atom is -0.494 e. The van der Waals surface area contributed by atoms with Crippen molar-refractivity contribution in [3.05, 3.63) is 47.7 Å². The van der Waals surface area contributed by atoms with Crippen LogP contribution in [0.25, 0.3) is 22.5 Å². The number of aromatic nitrogens is 4. The maximum absolute atomic E-state index is 11.6. The van der Waals surface area contributed by atoms with Gasteiger partial charge < -0.3 is 14.4 Å². The molecule has 0 N–H and O–H groups in total. The van der Waals surface area contributed by atoms with Gasteiger partial charge in [0.15, 0.2) is 0 Å². The van der Waals surface area contributed by atoms with Crippen LogP contribution < -0.4 is 9.47 Å². The maximum Gasteiger partial charge on any atom is 0.336 e. The minimum absolute atomic E-state index is 0.0792. The molecule has 4 rings (SSSR count). The van der Waals surface area contributed by atoms with Crippen molar-refractivity contribution >= 4 is 17.5 Å². The Morgan fingerprint density at radius 3 is 2.53 bits per heavy atom. The van der Waals surface area contributed by atoms with Gasteiger partial charge in [-0.25, -0.2) is 0 Å². The number of halogens is 1. The highest BCUT2D eigenvalue weighted by molar-refractivity contribution is 6.33. The number of ether oxygens (including phenoxy) is 2. The Kier molecular flexibility index (Phi) is 6.80. The average Bonchev–Trinajstić information content (AvgIpc) is 2.81. The third kappa shape index (κ3) is 4.96. The predicted octanol–water partition coefficient (Wildman–Crippen LogP) is 4.04. The quantitative estimate of drug-likeness (QED) is 0.556. The van der Waals surface area contributed by atoms with E-state index in [1.807, 2.05) is 36.1 Å². The number of benzene rings is 1. The summed E-state index contributed by atoms with van der Waals surface area (Å²) in [7, 11) is 0. The fraction of sp³-hybridized carbons (Fsp3) is 0.348. The molecule has 0 spiro atoms. The van der Waals surface area contributed by atoms with Crippen molar-refractivity contribution in [2.24, 2.45) is 0 Å². The van der Waals surface area contributed by atoms with Crippen LogP contribution in [0, 0.1) is 0 Å². The number of hydrogen-bond donors (Lipinski definition) is 0. The fourth-order valence-corrected chi connectivity index (χ4v) is 3.83. The normalized spacial score (nSPS) is 14.3. The molecule has 8 nitrogen and oxygen atoms in total. The lowest BCUT2D eigenvalue weighted by Crippen LogP contribution is -2.40. The second kappa shape index (κ2) is 9.91. The number of nitrogens with zero attached hydrogens (tertiary/aromatic N) is 5. The zero-order chi connectivity index (χ0) is 22.5. The summed E-state index contributed by atoms with van der Waals surface area (Å²) in [6, 6.07) is 9.56. The van der Waals surface area contributed by atoms with Crippen LogP contribution in [0.15, 0.2) is 42.7 Å². The minimum atomic E-state index is -0.0792. The number of hydrogen-bond acceptors (Lipinski definition) is 7. The average molecular weight is 454 g/mol. The molecule has 0 radical (unpaired) electrons. The molecular weight excluding hydrogens is 430 g/mol. The molecule has 1 aliphatic rings. The first kappa shape index (κ1) is 22.0. The van der Waals surface area contributed by atoms with Crippen molar-refractivity contribution in [3.63, 3.8) is 0 Å². The number of pyridine rings is 1. The van der Waals surface area contributed by atoms with Crippen molar-refractivity contribution in [3.8, 4) is 34.3 Å². The summed E-state index contributed by atoms with van der Waals surface area (Å²) in [6.45, 7) is 5.42. The molecule has 2 aromatic heterocycles. The Morgan fingerprint density at radius 2 is 1.88 bits per heavy atom. The molecule has 9 heteroatoms. The van der Waals surface area contributed by atoms with Crippen LogP contribution in [-0.4, -0.2) is 56.8 Å². The van der Waals surface area contributed by atoms with Crippen LogP contribution >= 0.6 is 11.6 Å². The summed E-state index contributed by atoms with van der Waals surface area (Å²) in [5, 5.41) is 9.11. The molecular formula is C23H24ClN5O3. The van der Waals surface area contributed by atoms with Gasteiger partial charge in [-0.1, -0.05) is 16.7 Å². The van der Waals surface area contributed by atoms with Gasteiger partial charge in [-0.15, -0.1) is 5.10 Å². The molecule has 1 saturated heterocycles. The smallest absolute Gasteiger partial charge is 0.336 e. The van der Waals surface area contributed by atoms with E-state index in [-0.39, 0.29) is 18.0 Å². The van der Waals surface area contributed by atoms with Crippen LogP contribution in [0.3, 0.4) is 0 Å². The van der Waals surface area contributed by atoms with Gasteiger partial charge in [0.05, 0.1) is 11.6 Å². The lowest BCUT2D eigenvalue weighted by molar-refractivity contribution is -0.130. The highest BCUT2D eigenvalue weighted by Gasteiger charge is 2.24. The van der Waals surface area contributed by atoms with Crippen LogP contribution in [0.1, 0.15) is 26.7 Å². The van der Waals surface area contributed by atoms with E-state index in [1.54, 1.807) is 25.4 Å². The first-order valence-corrected chi connectivity index (χ1v) is 10.9. The Labute approximate surface area is 191 Å². The lowest BCUT2D eigenvalue weighted by atomic mass is 10.1. The Morgan fingerprint density at radius 1 is 1.12 bits per heavy atom. The van der Waals surface area contributed by atoms with Gasteiger partial charge in [0, 0.05) is 56.4 Å². The van der Waals surface area contributed by atoms with E-state index in [4.69, 9.17) is 21.1 Å². The summed E-state index contributed by atoms with van der Waals surface area (Å²) in [6.07, 6.45) is 4.58. The van der Waals surface area contributed by atoms with E-state index in [0.29, 0.717) is 41.7 Å². The number of rotatable bonds is 6. The maximum atomic E-state index is 11.6. The number of piperidine rings is 1. The van der Waals surface area contributed by atoms with Gasteiger partial charge in [-0.3, -0.25) is 9.78 Å². The standard InChI is InChI=1S/C23H24ClN5O3/c1-3-31-17-6-4-16(5-7-17)21-22(19-8-11-25-14-20(19)24)26-23(28-27-21)32-18-9-12-29(13-10-18)15(2)30/h4-8,11,14,18H,3,9-10,12-13H2,1-2H3. The van der Waals surface area contributed by atoms with Crippen molar-refractivity contribution in [2.45, 2.75) is 32.8 Å². The van der Waals surface area contributed by atoms with E-state index < -0.39 is 0 Å². The van der Waals surface area contributed by atoms with Gasteiger partial charge in [0.25, 0.3) is 0 Å². The molecule has 1 aromatic carbocycles. The number of carbonyl (C=O) groups is 1. The van der Waals surface area contributed by atoms with Crippen molar-refractivity contribution in [1.82, 2.24) is 25.1 Å². The molecule has 166 valence electrons. The topological polar surface area (TPSA) is 90.3 Å². The number of likely N-dealkylation sites (tertiary alicyclic amines) is 1. The molecule has 0 bridgehead atoms. The summed E-state index contributed by atoms with van der Waals surface area (Å²) in [5.41, 5.74) is 2.67.